The Kier molecular flexibility index (Phi) is 5.88. The van der Waals surface area contributed by atoms with Crippen LogP contribution in [0, 0.1) is 5.82 Å². The summed E-state index contributed by atoms with van der Waals surface area (Å²) < 4.78 is 13.4. The SMILES string of the molecule is O=C(C=C1CN(C(=O)c2ccccn2)C1)N[C@@H]1CCN(Cc2ccc3cc(F)ccc3c2)C1. The van der Waals surface area contributed by atoms with Crippen LogP contribution < -0.4 is 5.32 Å². The number of benzene rings is 2. The van der Waals surface area contributed by atoms with E-state index in [0.717, 1.165) is 42.4 Å². The van der Waals surface area contributed by atoms with E-state index in [1.165, 1.54) is 11.6 Å². The fourth-order valence-electron chi connectivity index (χ4n) is 4.48. The zero-order valence-corrected chi connectivity index (χ0v) is 18.2. The van der Waals surface area contributed by atoms with E-state index < -0.39 is 0 Å². The molecule has 2 aliphatic rings. The second-order valence-electron chi connectivity index (χ2n) is 8.73. The molecule has 5 rings (SSSR count). The van der Waals surface area contributed by atoms with Gasteiger partial charge in [-0.3, -0.25) is 19.5 Å². The molecule has 0 bridgehead atoms. The molecule has 3 aromatic rings. The lowest BCUT2D eigenvalue weighted by Crippen LogP contribution is -2.45. The molecule has 0 unspecified atom stereocenters. The number of carbonyl (C=O) groups excluding carboxylic acids is 2. The minimum Gasteiger partial charge on any atom is -0.348 e. The van der Waals surface area contributed by atoms with Crippen LogP contribution in [0.25, 0.3) is 10.8 Å². The molecule has 1 N–H and O–H groups in total. The summed E-state index contributed by atoms with van der Waals surface area (Å²) in [6.07, 6.45) is 4.12. The van der Waals surface area contributed by atoms with E-state index in [-0.39, 0.29) is 23.7 Å². The van der Waals surface area contributed by atoms with Crippen molar-refractivity contribution in [3.8, 4) is 0 Å². The first-order valence-corrected chi connectivity index (χ1v) is 11.1. The molecule has 33 heavy (non-hydrogen) atoms. The summed E-state index contributed by atoms with van der Waals surface area (Å²) in [5.74, 6) is -0.439. The number of carbonyl (C=O) groups is 2. The van der Waals surface area contributed by atoms with Crippen molar-refractivity contribution in [3.63, 3.8) is 0 Å². The number of pyridine rings is 1. The van der Waals surface area contributed by atoms with E-state index in [4.69, 9.17) is 0 Å². The van der Waals surface area contributed by atoms with Gasteiger partial charge in [-0.1, -0.05) is 24.3 Å². The quantitative estimate of drug-likeness (QED) is 0.614. The van der Waals surface area contributed by atoms with Crippen LogP contribution in [0.15, 0.2) is 72.4 Å². The van der Waals surface area contributed by atoms with Gasteiger partial charge >= 0.3 is 0 Å². The van der Waals surface area contributed by atoms with Crippen LogP contribution in [0.5, 0.6) is 0 Å². The molecule has 2 aliphatic heterocycles. The number of aromatic nitrogens is 1. The molecule has 0 spiro atoms. The maximum Gasteiger partial charge on any atom is 0.273 e. The van der Waals surface area contributed by atoms with Crippen LogP contribution in [0.3, 0.4) is 0 Å². The Bertz CT molecular complexity index is 1220. The molecule has 1 aromatic heterocycles. The van der Waals surface area contributed by atoms with Gasteiger partial charge in [0.1, 0.15) is 11.5 Å². The molecule has 2 aromatic carbocycles. The average Bonchev–Trinajstić information content (AvgIpc) is 3.22. The summed E-state index contributed by atoms with van der Waals surface area (Å²) in [7, 11) is 0. The van der Waals surface area contributed by atoms with E-state index in [9.17, 15) is 14.0 Å². The minimum absolute atomic E-state index is 0.102. The van der Waals surface area contributed by atoms with Crippen molar-refractivity contribution < 1.29 is 14.0 Å². The van der Waals surface area contributed by atoms with Crippen LogP contribution in [0.1, 0.15) is 22.5 Å². The summed E-state index contributed by atoms with van der Waals surface area (Å²) in [4.78, 5) is 32.8. The van der Waals surface area contributed by atoms with Gasteiger partial charge in [-0.2, -0.15) is 0 Å². The fraction of sp³-hybridized carbons (Fsp3) is 0.269. The van der Waals surface area contributed by atoms with Gasteiger partial charge in [0.05, 0.1) is 0 Å². The van der Waals surface area contributed by atoms with E-state index in [2.05, 4.69) is 21.3 Å². The largest absolute Gasteiger partial charge is 0.348 e. The van der Waals surface area contributed by atoms with Gasteiger partial charge in [-0.05, 0) is 58.7 Å². The summed E-state index contributed by atoms with van der Waals surface area (Å²) in [6, 6.07) is 16.3. The Labute approximate surface area is 191 Å². The highest BCUT2D eigenvalue weighted by molar-refractivity contribution is 5.94. The van der Waals surface area contributed by atoms with Gasteiger partial charge < -0.3 is 10.2 Å². The van der Waals surface area contributed by atoms with Gasteiger partial charge in [-0.25, -0.2) is 4.39 Å². The number of halogens is 1. The smallest absolute Gasteiger partial charge is 0.273 e. The van der Waals surface area contributed by atoms with Crippen LogP contribution in [-0.2, 0) is 11.3 Å². The van der Waals surface area contributed by atoms with Crippen LogP contribution in [0.2, 0.25) is 0 Å². The molecule has 2 saturated heterocycles. The van der Waals surface area contributed by atoms with Crippen molar-refractivity contribution in [2.45, 2.75) is 19.0 Å². The summed E-state index contributed by atoms with van der Waals surface area (Å²) in [5.41, 5.74) is 2.54. The Morgan fingerprint density at radius 1 is 1.09 bits per heavy atom. The first kappa shape index (κ1) is 21.3. The van der Waals surface area contributed by atoms with Crippen LogP contribution in [-0.4, -0.2) is 58.8 Å². The summed E-state index contributed by atoms with van der Waals surface area (Å²) >= 11 is 0. The fourth-order valence-corrected chi connectivity index (χ4v) is 4.48. The van der Waals surface area contributed by atoms with Crippen molar-refractivity contribution in [2.75, 3.05) is 26.2 Å². The van der Waals surface area contributed by atoms with Crippen molar-refractivity contribution in [3.05, 3.63) is 89.5 Å². The van der Waals surface area contributed by atoms with Crippen molar-refractivity contribution in [2.24, 2.45) is 0 Å². The predicted molar refractivity (Wildman–Crippen MR) is 124 cm³/mol. The minimum atomic E-state index is -0.224. The Morgan fingerprint density at radius 3 is 2.73 bits per heavy atom. The van der Waals surface area contributed by atoms with Gasteiger partial charge in [-0.15, -0.1) is 0 Å². The van der Waals surface area contributed by atoms with Crippen LogP contribution >= 0.6 is 0 Å². The summed E-state index contributed by atoms with van der Waals surface area (Å²) in [6.45, 7) is 3.43. The van der Waals surface area contributed by atoms with Crippen molar-refractivity contribution in [1.82, 2.24) is 20.1 Å². The zero-order chi connectivity index (χ0) is 22.8. The zero-order valence-electron chi connectivity index (χ0n) is 18.2. The number of nitrogens with one attached hydrogen (secondary N) is 1. The number of fused-ring (bicyclic) bond motifs is 1. The van der Waals surface area contributed by atoms with Crippen molar-refractivity contribution >= 4 is 22.6 Å². The Balaban J connectivity index is 1.10. The highest BCUT2D eigenvalue weighted by Gasteiger charge is 2.28. The number of hydrogen-bond acceptors (Lipinski definition) is 4. The third kappa shape index (κ3) is 4.93. The van der Waals surface area contributed by atoms with E-state index in [1.807, 2.05) is 12.1 Å². The molecule has 2 amide bonds. The maximum atomic E-state index is 13.4. The second kappa shape index (κ2) is 9.11. The number of nitrogens with zero attached hydrogens (tertiary/aromatic N) is 3. The van der Waals surface area contributed by atoms with E-state index >= 15 is 0 Å². The molecule has 168 valence electrons. The normalized spacial score (nSPS) is 18.3. The number of rotatable bonds is 5. The Morgan fingerprint density at radius 2 is 1.91 bits per heavy atom. The molecule has 6 nitrogen and oxygen atoms in total. The van der Waals surface area contributed by atoms with Gasteiger partial charge in [0.25, 0.3) is 5.91 Å². The van der Waals surface area contributed by atoms with Crippen molar-refractivity contribution in [1.29, 1.82) is 0 Å². The number of hydrogen-bond donors (Lipinski definition) is 1. The maximum absolute atomic E-state index is 13.4. The topological polar surface area (TPSA) is 65.5 Å². The van der Waals surface area contributed by atoms with Gasteiger partial charge in [0.15, 0.2) is 0 Å². The first-order chi connectivity index (χ1) is 16.0. The lowest BCUT2D eigenvalue weighted by Gasteiger charge is -2.33. The van der Waals surface area contributed by atoms with E-state index in [0.29, 0.717) is 18.8 Å². The molecule has 0 aliphatic carbocycles. The second-order valence-corrected chi connectivity index (χ2v) is 8.73. The first-order valence-electron chi connectivity index (χ1n) is 11.1. The molecule has 1 atom stereocenters. The lowest BCUT2D eigenvalue weighted by molar-refractivity contribution is -0.117. The number of amides is 2. The van der Waals surface area contributed by atoms with Gasteiger partial charge in [0, 0.05) is 51.0 Å². The lowest BCUT2D eigenvalue weighted by atomic mass is 10.1. The van der Waals surface area contributed by atoms with Crippen LogP contribution in [0.4, 0.5) is 4.39 Å². The highest BCUT2D eigenvalue weighted by atomic mass is 19.1. The average molecular weight is 445 g/mol. The molecule has 3 heterocycles. The third-order valence-electron chi connectivity index (χ3n) is 6.19. The number of likely N-dealkylation sites (tertiary alicyclic amines) is 2. The standard InChI is InChI=1S/C26H25FN4O2/c27-22-7-6-20-11-18(4-5-21(20)13-22)14-30-10-8-23(17-30)29-25(32)12-19-15-31(16-19)26(33)24-3-1-2-9-28-24/h1-7,9,11-13,23H,8,10,14-17H2,(H,29,32)/t23-/m1/s1. The highest BCUT2D eigenvalue weighted by Crippen LogP contribution is 2.21. The molecule has 2 fully saturated rings. The molecule has 0 radical (unpaired) electrons. The Hall–Kier alpha value is -3.58. The summed E-state index contributed by atoms with van der Waals surface area (Å²) in [5, 5.41) is 5.02. The third-order valence-corrected chi connectivity index (χ3v) is 6.19. The predicted octanol–water partition coefficient (Wildman–Crippen LogP) is 3.15. The van der Waals surface area contributed by atoms with Gasteiger partial charge in [0.2, 0.25) is 5.91 Å². The molecular formula is C26H25FN4O2. The molecule has 0 saturated carbocycles. The monoisotopic (exact) mass is 444 g/mol. The molecular weight excluding hydrogens is 419 g/mol. The van der Waals surface area contributed by atoms with E-state index in [1.54, 1.807) is 47.5 Å². The molecule has 7 heteroatoms.